The highest BCUT2D eigenvalue weighted by molar-refractivity contribution is 6.17. The van der Waals surface area contributed by atoms with Crippen LogP contribution in [-0.4, -0.2) is 17.5 Å². The lowest BCUT2D eigenvalue weighted by Crippen LogP contribution is -2.05. The summed E-state index contributed by atoms with van der Waals surface area (Å²) < 4.78 is 5.56. The second kappa shape index (κ2) is 5.03. The summed E-state index contributed by atoms with van der Waals surface area (Å²) in [7, 11) is 0. The normalized spacial score (nSPS) is 10.6. The van der Waals surface area contributed by atoms with E-state index in [2.05, 4.69) is 4.98 Å². The summed E-state index contributed by atoms with van der Waals surface area (Å²) in [6, 6.07) is 8.95. The average molecular weight is 238 g/mol. The maximum atomic E-state index is 11.2. The molecule has 0 spiro atoms. The molecular formula is C12H12ClNO2. The Bertz CT molecular complexity index is 536. The molecule has 3 nitrogen and oxygen atoms in total. The number of halogens is 1. The summed E-state index contributed by atoms with van der Waals surface area (Å²) in [5.74, 6) is 1.27. The summed E-state index contributed by atoms with van der Waals surface area (Å²) in [6.07, 6.45) is 0.787. The van der Waals surface area contributed by atoms with Crippen LogP contribution in [0.15, 0.2) is 35.1 Å². The first-order chi connectivity index (χ1) is 7.81. The minimum absolute atomic E-state index is 0.124. The highest BCUT2D eigenvalue weighted by Crippen LogP contribution is 2.22. The SMILES string of the molecule is O=c1ccc2cccc(OCCCCl)c2[nH]1. The number of alkyl halides is 1. The van der Waals surface area contributed by atoms with Gasteiger partial charge < -0.3 is 9.72 Å². The molecule has 0 fully saturated rings. The van der Waals surface area contributed by atoms with Gasteiger partial charge in [-0.2, -0.15) is 0 Å². The summed E-state index contributed by atoms with van der Waals surface area (Å²) in [5, 5.41) is 0.961. The molecule has 0 saturated heterocycles. The zero-order chi connectivity index (χ0) is 11.4. The van der Waals surface area contributed by atoms with Gasteiger partial charge in [-0.15, -0.1) is 11.6 Å². The lowest BCUT2D eigenvalue weighted by Gasteiger charge is -2.07. The number of para-hydroxylation sites is 1. The average Bonchev–Trinajstić information content (AvgIpc) is 2.30. The fourth-order valence-corrected chi connectivity index (χ4v) is 1.62. The van der Waals surface area contributed by atoms with E-state index in [9.17, 15) is 4.79 Å². The van der Waals surface area contributed by atoms with E-state index < -0.39 is 0 Å². The van der Waals surface area contributed by atoms with Crippen LogP contribution in [-0.2, 0) is 0 Å². The van der Waals surface area contributed by atoms with Gasteiger partial charge in [-0.1, -0.05) is 12.1 Å². The van der Waals surface area contributed by atoms with Crippen molar-refractivity contribution in [1.29, 1.82) is 0 Å². The molecule has 0 bridgehead atoms. The van der Waals surface area contributed by atoms with Gasteiger partial charge >= 0.3 is 0 Å². The Morgan fingerprint density at radius 3 is 2.94 bits per heavy atom. The van der Waals surface area contributed by atoms with E-state index in [0.29, 0.717) is 18.2 Å². The number of H-pyrrole nitrogens is 1. The monoisotopic (exact) mass is 237 g/mol. The number of fused-ring (bicyclic) bond motifs is 1. The summed E-state index contributed by atoms with van der Waals surface area (Å²) in [6.45, 7) is 0.555. The second-order valence-electron chi connectivity index (χ2n) is 3.43. The van der Waals surface area contributed by atoms with Gasteiger partial charge in [-0.05, 0) is 18.6 Å². The van der Waals surface area contributed by atoms with E-state index in [1.807, 2.05) is 18.2 Å². The Balaban J connectivity index is 2.36. The standard InChI is InChI=1S/C12H12ClNO2/c13-7-2-8-16-10-4-1-3-9-5-6-11(15)14-12(9)10/h1,3-6H,2,7-8H2,(H,14,15). The van der Waals surface area contributed by atoms with Gasteiger partial charge in [-0.25, -0.2) is 0 Å². The Morgan fingerprint density at radius 2 is 2.12 bits per heavy atom. The largest absolute Gasteiger partial charge is 0.491 e. The summed E-state index contributed by atoms with van der Waals surface area (Å²) in [5.41, 5.74) is 0.616. The van der Waals surface area contributed by atoms with E-state index in [1.54, 1.807) is 6.07 Å². The maximum absolute atomic E-state index is 11.2. The molecule has 0 radical (unpaired) electrons. The molecule has 0 unspecified atom stereocenters. The van der Waals surface area contributed by atoms with E-state index in [0.717, 1.165) is 17.3 Å². The van der Waals surface area contributed by atoms with Crippen molar-refractivity contribution in [3.05, 3.63) is 40.7 Å². The van der Waals surface area contributed by atoms with Crippen molar-refractivity contribution < 1.29 is 4.74 Å². The zero-order valence-electron chi connectivity index (χ0n) is 8.70. The van der Waals surface area contributed by atoms with Crippen LogP contribution in [0.2, 0.25) is 0 Å². The van der Waals surface area contributed by atoms with Crippen LogP contribution in [0.4, 0.5) is 0 Å². The van der Waals surface area contributed by atoms with Crippen molar-refractivity contribution in [3.63, 3.8) is 0 Å². The molecule has 4 heteroatoms. The minimum atomic E-state index is -0.124. The number of ether oxygens (including phenoxy) is 1. The summed E-state index contributed by atoms with van der Waals surface area (Å²) in [4.78, 5) is 14.0. The molecule has 2 aromatic rings. The molecule has 84 valence electrons. The highest BCUT2D eigenvalue weighted by Gasteiger charge is 2.02. The third-order valence-electron chi connectivity index (χ3n) is 2.26. The molecule has 1 aromatic heterocycles. The lowest BCUT2D eigenvalue weighted by molar-refractivity contribution is 0.321. The Morgan fingerprint density at radius 1 is 1.25 bits per heavy atom. The summed E-state index contributed by atoms with van der Waals surface area (Å²) >= 11 is 5.57. The molecule has 1 aromatic carbocycles. The van der Waals surface area contributed by atoms with E-state index >= 15 is 0 Å². The van der Waals surface area contributed by atoms with Crippen LogP contribution in [0.5, 0.6) is 5.75 Å². The van der Waals surface area contributed by atoms with Gasteiger partial charge in [0.15, 0.2) is 0 Å². The van der Waals surface area contributed by atoms with Gasteiger partial charge in [-0.3, -0.25) is 4.79 Å². The quantitative estimate of drug-likeness (QED) is 0.656. The molecule has 0 saturated carbocycles. The molecule has 0 aliphatic heterocycles. The first-order valence-corrected chi connectivity index (χ1v) is 5.65. The number of hydrogen-bond donors (Lipinski definition) is 1. The highest BCUT2D eigenvalue weighted by atomic mass is 35.5. The van der Waals surface area contributed by atoms with Crippen molar-refractivity contribution >= 4 is 22.5 Å². The zero-order valence-corrected chi connectivity index (χ0v) is 9.46. The van der Waals surface area contributed by atoms with Crippen LogP contribution in [0.1, 0.15) is 6.42 Å². The smallest absolute Gasteiger partial charge is 0.248 e. The molecule has 1 N–H and O–H groups in total. The van der Waals surface area contributed by atoms with Gasteiger partial charge in [0.25, 0.3) is 0 Å². The number of aromatic nitrogens is 1. The molecule has 16 heavy (non-hydrogen) atoms. The van der Waals surface area contributed by atoms with Gasteiger partial charge in [0.2, 0.25) is 5.56 Å². The van der Waals surface area contributed by atoms with E-state index in [-0.39, 0.29) is 5.56 Å². The molecule has 0 amide bonds. The number of benzene rings is 1. The van der Waals surface area contributed by atoms with Crippen molar-refractivity contribution in [1.82, 2.24) is 4.98 Å². The Labute approximate surface area is 98.0 Å². The Hall–Kier alpha value is -1.48. The molecule has 1 heterocycles. The van der Waals surface area contributed by atoms with Crippen molar-refractivity contribution in [2.24, 2.45) is 0 Å². The van der Waals surface area contributed by atoms with Crippen LogP contribution >= 0.6 is 11.6 Å². The fourth-order valence-electron chi connectivity index (χ4n) is 1.51. The van der Waals surface area contributed by atoms with Gasteiger partial charge in [0.1, 0.15) is 5.75 Å². The molecule has 0 atom stereocenters. The Kier molecular flexibility index (Phi) is 3.47. The maximum Gasteiger partial charge on any atom is 0.248 e. The predicted octanol–water partition coefficient (Wildman–Crippen LogP) is 2.54. The first kappa shape index (κ1) is 11.0. The van der Waals surface area contributed by atoms with Crippen LogP contribution in [0, 0.1) is 0 Å². The van der Waals surface area contributed by atoms with Gasteiger partial charge in [0, 0.05) is 17.3 Å². The molecule has 0 aliphatic carbocycles. The van der Waals surface area contributed by atoms with Crippen molar-refractivity contribution in [2.75, 3.05) is 12.5 Å². The number of aromatic amines is 1. The third kappa shape index (κ3) is 2.36. The fraction of sp³-hybridized carbons (Fsp3) is 0.250. The number of pyridine rings is 1. The van der Waals surface area contributed by atoms with E-state index in [4.69, 9.17) is 16.3 Å². The van der Waals surface area contributed by atoms with Gasteiger partial charge in [0.05, 0.1) is 12.1 Å². The lowest BCUT2D eigenvalue weighted by atomic mass is 10.2. The molecule has 2 rings (SSSR count). The van der Waals surface area contributed by atoms with Crippen LogP contribution in [0.3, 0.4) is 0 Å². The predicted molar refractivity (Wildman–Crippen MR) is 65.4 cm³/mol. The third-order valence-corrected chi connectivity index (χ3v) is 2.52. The second-order valence-corrected chi connectivity index (χ2v) is 3.81. The topological polar surface area (TPSA) is 42.1 Å². The number of rotatable bonds is 4. The van der Waals surface area contributed by atoms with Crippen LogP contribution < -0.4 is 10.3 Å². The van der Waals surface area contributed by atoms with Crippen LogP contribution in [0.25, 0.3) is 10.9 Å². The van der Waals surface area contributed by atoms with Crippen molar-refractivity contribution in [2.45, 2.75) is 6.42 Å². The van der Waals surface area contributed by atoms with E-state index in [1.165, 1.54) is 6.07 Å². The number of hydrogen-bond acceptors (Lipinski definition) is 2. The molecular weight excluding hydrogens is 226 g/mol. The minimum Gasteiger partial charge on any atom is -0.491 e. The van der Waals surface area contributed by atoms with Crippen molar-refractivity contribution in [3.8, 4) is 5.75 Å². The number of nitrogens with one attached hydrogen (secondary N) is 1. The first-order valence-electron chi connectivity index (χ1n) is 5.12. The molecule has 0 aliphatic rings.